The molecule has 1 heterocycles. The first-order chi connectivity index (χ1) is 9.02. The second-order valence-electron chi connectivity index (χ2n) is 4.26. The Bertz CT molecular complexity index is 719. The summed E-state index contributed by atoms with van der Waals surface area (Å²) in [6.07, 6.45) is 2.99. The first kappa shape index (κ1) is 13.2. The van der Waals surface area contributed by atoms with Crippen molar-refractivity contribution in [2.24, 2.45) is 12.8 Å². The van der Waals surface area contributed by atoms with Crippen molar-refractivity contribution < 1.29 is 4.39 Å². The highest BCUT2D eigenvalue weighted by Gasteiger charge is 2.07. The number of rotatable bonds is 3. The first-order valence-electron chi connectivity index (χ1n) is 5.76. The van der Waals surface area contributed by atoms with E-state index in [4.69, 9.17) is 5.73 Å². The molecular weight excluding hydrogens is 249 g/mol. The number of nitrogens with zero attached hydrogens (tertiary/aromatic N) is 2. The molecule has 0 atom stereocenters. The smallest absolute Gasteiger partial charge is 0.316 e. The molecule has 0 spiro atoms. The number of hydrogen-bond donors (Lipinski definition) is 1. The van der Waals surface area contributed by atoms with Crippen molar-refractivity contribution >= 4 is 0 Å². The molecule has 0 aliphatic carbocycles. The van der Waals surface area contributed by atoms with E-state index in [-0.39, 0.29) is 13.1 Å². The summed E-state index contributed by atoms with van der Waals surface area (Å²) in [6, 6.07) is 4.22. The molecule has 0 amide bonds. The average molecular weight is 263 g/mol. The Hall–Kier alpha value is -2.21. The Kier molecular flexibility index (Phi) is 3.62. The van der Waals surface area contributed by atoms with Gasteiger partial charge in [0.25, 0.3) is 0 Å². The van der Waals surface area contributed by atoms with Crippen molar-refractivity contribution in [3.8, 4) is 0 Å². The second kappa shape index (κ2) is 5.19. The van der Waals surface area contributed by atoms with Gasteiger partial charge in [0.2, 0.25) is 0 Å². The molecule has 0 aliphatic heterocycles. The van der Waals surface area contributed by atoms with E-state index >= 15 is 0 Å². The third kappa shape index (κ3) is 2.63. The van der Waals surface area contributed by atoms with Crippen LogP contribution < -0.4 is 16.9 Å². The van der Waals surface area contributed by atoms with Gasteiger partial charge in [0.15, 0.2) is 0 Å². The fourth-order valence-corrected chi connectivity index (χ4v) is 1.84. The number of hydrogen-bond acceptors (Lipinski definition) is 3. The molecule has 1 aromatic heterocycles. The number of aryl methyl sites for hydroxylation is 1. The van der Waals surface area contributed by atoms with Crippen LogP contribution in [0.2, 0.25) is 0 Å². The maximum atomic E-state index is 13.2. The van der Waals surface area contributed by atoms with Crippen LogP contribution in [-0.2, 0) is 20.1 Å². The van der Waals surface area contributed by atoms with Crippen LogP contribution in [0, 0.1) is 5.82 Å². The van der Waals surface area contributed by atoms with Crippen LogP contribution in [0.1, 0.15) is 11.1 Å². The van der Waals surface area contributed by atoms with Gasteiger partial charge in [-0.3, -0.25) is 9.59 Å². The first-order valence-corrected chi connectivity index (χ1v) is 5.76. The van der Waals surface area contributed by atoms with E-state index in [1.807, 2.05) is 0 Å². The highest BCUT2D eigenvalue weighted by molar-refractivity contribution is 5.28. The lowest BCUT2D eigenvalue weighted by atomic mass is 10.1. The standard InChI is InChI=1S/C13H14FN3O2/c1-16-4-5-17(13(19)12(16)18)8-10-6-11(14)3-2-9(10)7-15/h2-6H,7-8,15H2,1H3. The minimum atomic E-state index is -0.641. The molecule has 0 unspecified atom stereocenters. The van der Waals surface area contributed by atoms with E-state index in [2.05, 4.69) is 0 Å². The molecule has 0 aliphatic rings. The Morgan fingerprint density at radius 2 is 1.89 bits per heavy atom. The summed E-state index contributed by atoms with van der Waals surface area (Å²) in [4.78, 5) is 23.3. The number of nitrogens with two attached hydrogens (primary N) is 1. The van der Waals surface area contributed by atoms with Crippen LogP contribution in [0.4, 0.5) is 4.39 Å². The number of aromatic nitrogens is 2. The van der Waals surface area contributed by atoms with Gasteiger partial charge in [-0.1, -0.05) is 6.07 Å². The molecule has 19 heavy (non-hydrogen) atoms. The van der Waals surface area contributed by atoms with Gasteiger partial charge in [0, 0.05) is 26.0 Å². The molecule has 0 saturated carbocycles. The Labute approximate surface area is 108 Å². The summed E-state index contributed by atoms with van der Waals surface area (Å²) in [6.45, 7) is 0.369. The van der Waals surface area contributed by atoms with E-state index < -0.39 is 16.9 Å². The predicted octanol–water partition coefficient (Wildman–Crippen LogP) is 0.193. The van der Waals surface area contributed by atoms with Crippen molar-refractivity contribution in [1.29, 1.82) is 0 Å². The molecule has 0 radical (unpaired) electrons. The van der Waals surface area contributed by atoms with Crippen molar-refractivity contribution in [1.82, 2.24) is 9.13 Å². The summed E-state index contributed by atoms with van der Waals surface area (Å²) < 4.78 is 15.7. The monoisotopic (exact) mass is 263 g/mol. The van der Waals surface area contributed by atoms with Gasteiger partial charge < -0.3 is 14.9 Å². The van der Waals surface area contributed by atoms with Crippen LogP contribution in [0.5, 0.6) is 0 Å². The molecule has 0 fully saturated rings. The minimum Gasteiger partial charge on any atom is -0.326 e. The Morgan fingerprint density at radius 3 is 2.58 bits per heavy atom. The van der Waals surface area contributed by atoms with Gasteiger partial charge in [0.1, 0.15) is 5.82 Å². The molecule has 0 bridgehead atoms. The fourth-order valence-electron chi connectivity index (χ4n) is 1.84. The molecule has 100 valence electrons. The van der Waals surface area contributed by atoms with Crippen LogP contribution in [0.15, 0.2) is 40.2 Å². The molecule has 0 saturated heterocycles. The maximum absolute atomic E-state index is 13.2. The molecular formula is C13H14FN3O2. The zero-order valence-electron chi connectivity index (χ0n) is 10.5. The summed E-state index contributed by atoms with van der Waals surface area (Å²) >= 11 is 0. The highest BCUT2D eigenvalue weighted by Crippen LogP contribution is 2.11. The van der Waals surface area contributed by atoms with E-state index in [1.54, 1.807) is 6.07 Å². The molecule has 2 N–H and O–H groups in total. The lowest BCUT2D eigenvalue weighted by Gasteiger charge is -2.10. The molecule has 2 aromatic rings. The van der Waals surface area contributed by atoms with Gasteiger partial charge in [0.05, 0.1) is 6.54 Å². The van der Waals surface area contributed by atoms with Crippen LogP contribution in [0.25, 0.3) is 0 Å². The summed E-state index contributed by atoms with van der Waals surface area (Å²) in [5.41, 5.74) is 5.65. The van der Waals surface area contributed by atoms with Gasteiger partial charge in [-0.05, 0) is 23.3 Å². The normalized spacial score (nSPS) is 10.7. The third-order valence-electron chi connectivity index (χ3n) is 2.96. The van der Waals surface area contributed by atoms with Crippen LogP contribution in [0.3, 0.4) is 0 Å². The van der Waals surface area contributed by atoms with Crippen molar-refractivity contribution in [2.45, 2.75) is 13.1 Å². The Balaban J connectivity index is 2.47. The molecule has 2 rings (SSSR count). The summed E-state index contributed by atoms with van der Waals surface area (Å²) in [5.74, 6) is -0.399. The van der Waals surface area contributed by atoms with Crippen molar-refractivity contribution in [3.05, 3.63) is 68.2 Å². The zero-order valence-corrected chi connectivity index (χ0v) is 10.5. The summed E-state index contributed by atoms with van der Waals surface area (Å²) in [7, 11) is 1.50. The van der Waals surface area contributed by atoms with Crippen molar-refractivity contribution in [2.75, 3.05) is 0 Å². The molecule has 6 heteroatoms. The van der Waals surface area contributed by atoms with Gasteiger partial charge in [-0.2, -0.15) is 0 Å². The lowest BCUT2D eigenvalue weighted by molar-refractivity contribution is 0.619. The Morgan fingerprint density at radius 1 is 1.16 bits per heavy atom. The fraction of sp³-hybridized carbons (Fsp3) is 0.231. The average Bonchev–Trinajstić information content (AvgIpc) is 2.40. The number of benzene rings is 1. The predicted molar refractivity (Wildman–Crippen MR) is 69.3 cm³/mol. The lowest BCUT2D eigenvalue weighted by Crippen LogP contribution is -2.39. The third-order valence-corrected chi connectivity index (χ3v) is 2.96. The molecule has 5 nitrogen and oxygen atoms in total. The van der Waals surface area contributed by atoms with Crippen LogP contribution in [-0.4, -0.2) is 9.13 Å². The maximum Gasteiger partial charge on any atom is 0.316 e. The minimum absolute atomic E-state index is 0.124. The van der Waals surface area contributed by atoms with E-state index in [9.17, 15) is 14.0 Å². The van der Waals surface area contributed by atoms with E-state index in [0.717, 1.165) is 5.56 Å². The van der Waals surface area contributed by atoms with Crippen molar-refractivity contribution in [3.63, 3.8) is 0 Å². The van der Waals surface area contributed by atoms with E-state index in [1.165, 1.54) is 40.7 Å². The highest BCUT2D eigenvalue weighted by atomic mass is 19.1. The zero-order chi connectivity index (χ0) is 14.0. The van der Waals surface area contributed by atoms with E-state index in [0.29, 0.717) is 5.56 Å². The topological polar surface area (TPSA) is 70.0 Å². The van der Waals surface area contributed by atoms with Gasteiger partial charge in [-0.15, -0.1) is 0 Å². The van der Waals surface area contributed by atoms with Gasteiger partial charge in [-0.25, -0.2) is 4.39 Å². The largest absolute Gasteiger partial charge is 0.326 e. The van der Waals surface area contributed by atoms with Gasteiger partial charge >= 0.3 is 11.1 Å². The van der Waals surface area contributed by atoms with Crippen LogP contribution >= 0.6 is 0 Å². The number of halogens is 1. The molecule has 1 aromatic carbocycles. The quantitative estimate of drug-likeness (QED) is 0.804. The second-order valence-corrected chi connectivity index (χ2v) is 4.26. The SMILES string of the molecule is Cn1ccn(Cc2cc(F)ccc2CN)c(=O)c1=O. The summed E-state index contributed by atoms with van der Waals surface area (Å²) in [5, 5.41) is 0.